The summed E-state index contributed by atoms with van der Waals surface area (Å²) in [6, 6.07) is 10.2. The number of benzene rings is 2. The van der Waals surface area contributed by atoms with E-state index in [1.54, 1.807) is 0 Å². The van der Waals surface area contributed by atoms with E-state index in [9.17, 15) is 29.8 Å². The van der Waals surface area contributed by atoms with Gasteiger partial charge in [-0.3, -0.25) is 29.8 Å². The van der Waals surface area contributed by atoms with E-state index in [0.29, 0.717) is 0 Å². The van der Waals surface area contributed by atoms with Gasteiger partial charge >= 0.3 is 0 Å². The van der Waals surface area contributed by atoms with Crippen molar-refractivity contribution in [1.29, 1.82) is 0 Å². The molecule has 0 atom stereocenters. The van der Waals surface area contributed by atoms with Crippen LogP contribution in [0.25, 0.3) is 0 Å². The molecule has 0 unspecified atom stereocenters. The Labute approximate surface area is 142 Å². The van der Waals surface area contributed by atoms with Crippen molar-refractivity contribution >= 4 is 22.9 Å². The van der Waals surface area contributed by atoms with E-state index < -0.39 is 26.8 Å². The van der Waals surface area contributed by atoms with Gasteiger partial charge in [-0.25, -0.2) is 0 Å². The Balaban J connectivity index is 2.40. The molecule has 0 aliphatic carbocycles. The second kappa shape index (κ2) is 6.60. The molecular formula is C17H14N2O6. The fourth-order valence-corrected chi connectivity index (χ4v) is 2.35. The van der Waals surface area contributed by atoms with Gasteiger partial charge in [0.25, 0.3) is 11.4 Å². The fourth-order valence-electron chi connectivity index (χ4n) is 2.35. The first-order valence-electron chi connectivity index (χ1n) is 7.23. The van der Waals surface area contributed by atoms with Gasteiger partial charge in [-0.2, -0.15) is 0 Å². The summed E-state index contributed by atoms with van der Waals surface area (Å²) in [7, 11) is 0. The van der Waals surface area contributed by atoms with E-state index in [1.165, 1.54) is 50.2 Å². The highest BCUT2D eigenvalue weighted by Crippen LogP contribution is 2.29. The lowest BCUT2D eigenvalue weighted by Crippen LogP contribution is -2.33. The molecule has 0 spiro atoms. The van der Waals surface area contributed by atoms with Crippen molar-refractivity contribution < 1.29 is 19.4 Å². The third kappa shape index (κ3) is 3.57. The highest BCUT2D eigenvalue weighted by Gasteiger charge is 2.38. The maximum Gasteiger partial charge on any atom is 0.270 e. The van der Waals surface area contributed by atoms with Crippen LogP contribution >= 0.6 is 0 Å². The third-order valence-electron chi connectivity index (χ3n) is 3.77. The van der Waals surface area contributed by atoms with Crippen LogP contribution in [0.1, 0.15) is 34.6 Å². The molecule has 25 heavy (non-hydrogen) atoms. The van der Waals surface area contributed by atoms with Gasteiger partial charge in [0.05, 0.1) is 15.3 Å². The van der Waals surface area contributed by atoms with E-state index in [1.807, 2.05) is 0 Å². The molecular weight excluding hydrogens is 328 g/mol. The maximum atomic E-state index is 12.7. The zero-order chi connectivity index (χ0) is 18.8. The number of ketones is 2. The summed E-state index contributed by atoms with van der Waals surface area (Å²) in [6.07, 6.45) is 0. The van der Waals surface area contributed by atoms with Crippen molar-refractivity contribution in [2.45, 2.75) is 13.8 Å². The molecule has 0 bridgehead atoms. The molecule has 0 aliphatic heterocycles. The number of carbonyl (C=O) groups is 2. The molecule has 2 rings (SSSR count). The van der Waals surface area contributed by atoms with Gasteiger partial charge in [-0.05, 0) is 13.8 Å². The lowest BCUT2D eigenvalue weighted by Gasteiger charge is -2.21. The van der Waals surface area contributed by atoms with Gasteiger partial charge < -0.3 is 0 Å². The summed E-state index contributed by atoms with van der Waals surface area (Å²) in [5.41, 5.74) is -2.00. The number of carbonyl (C=O) groups excluding carboxylic acids is 2. The van der Waals surface area contributed by atoms with Crippen LogP contribution in [-0.2, 0) is 0 Å². The molecule has 128 valence electrons. The highest BCUT2D eigenvalue weighted by molar-refractivity contribution is 6.19. The van der Waals surface area contributed by atoms with Crippen LogP contribution in [0.2, 0.25) is 0 Å². The minimum Gasteiger partial charge on any atom is -0.293 e. The second-order valence-electron chi connectivity index (χ2n) is 5.90. The van der Waals surface area contributed by atoms with E-state index in [0.717, 1.165) is 12.1 Å². The molecule has 0 radical (unpaired) electrons. The average molecular weight is 342 g/mol. The summed E-state index contributed by atoms with van der Waals surface area (Å²) >= 11 is 0. The topological polar surface area (TPSA) is 120 Å². The Bertz CT molecular complexity index is 817. The van der Waals surface area contributed by atoms with Crippen molar-refractivity contribution in [1.82, 2.24) is 0 Å². The van der Waals surface area contributed by atoms with Crippen LogP contribution in [0.3, 0.4) is 0 Å². The van der Waals surface area contributed by atoms with Gasteiger partial charge in [-0.1, -0.05) is 24.3 Å². The van der Waals surface area contributed by atoms with Gasteiger partial charge in [0.15, 0.2) is 11.6 Å². The first-order chi connectivity index (χ1) is 11.6. The lowest BCUT2D eigenvalue weighted by molar-refractivity contribution is -0.385. The third-order valence-corrected chi connectivity index (χ3v) is 3.77. The number of nitrogens with zero attached hydrogens (tertiary/aromatic N) is 2. The van der Waals surface area contributed by atoms with Gasteiger partial charge in [-0.15, -0.1) is 0 Å². The van der Waals surface area contributed by atoms with E-state index >= 15 is 0 Å². The zero-order valence-electron chi connectivity index (χ0n) is 13.5. The lowest BCUT2D eigenvalue weighted by atomic mass is 9.77. The van der Waals surface area contributed by atoms with Crippen LogP contribution in [0.4, 0.5) is 11.4 Å². The smallest absolute Gasteiger partial charge is 0.270 e. The summed E-state index contributed by atoms with van der Waals surface area (Å²) in [6.45, 7) is 2.77. The summed E-state index contributed by atoms with van der Waals surface area (Å²) < 4.78 is 0. The predicted molar refractivity (Wildman–Crippen MR) is 88.6 cm³/mol. The molecule has 0 heterocycles. The van der Waals surface area contributed by atoms with Gasteiger partial charge in [0.2, 0.25) is 0 Å². The fraction of sp³-hybridized carbons (Fsp3) is 0.176. The second-order valence-corrected chi connectivity index (χ2v) is 5.90. The molecule has 0 saturated carbocycles. The van der Waals surface area contributed by atoms with E-state index in [-0.39, 0.29) is 22.5 Å². The molecule has 0 aliphatic rings. The molecule has 2 aromatic carbocycles. The minimum absolute atomic E-state index is 0.0259. The van der Waals surface area contributed by atoms with Crippen molar-refractivity contribution in [2.24, 2.45) is 5.41 Å². The molecule has 0 fully saturated rings. The molecule has 0 N–H and O–H groups in total. The number of nitro groups is 2. The average Bonchev–Trinajstić information content (AvgIpc) is 2.60. The van der Waals surface area contributed by atoms with E-state index in [4.69, 9.17) is 0 Å². The quantitative estimate of drug-likeness (QED) is 0.342. The molecule has 8 nitrogen and oxygen atoms in total. The van der Waals surface area contributed by atoms with E-state index in [2.05, 4.69) is 0 Å². The largest absolute Gasteiger partial charge is 0.293 e. The number of Topliss-reactive ketones (excluding diaryl/α,β-unsaturated/α-hetero) is 2. The number of hydrogen-bond donors (Lipinski definition) is 0. The van der Waals surface area contributed by atoms with Crippen LogP contribution in [0.15, 0.2) is 48.5 Å². The Kier molecular flexibility index (Phi) is 4.73. The van der Waals surface area contributed by atoms with Gasteiger partial charge in [0.1, 0.15) is 0 Å². The Hall–Kier alpha value is -3.42. The number of nitro benzene ring substituents is 2. The number of rotatable bonds is 6. The highest BCUT2D eigenvalue weighted by atomic mass is 16.6. The van der Waals surface area contributed by atoms with Gasteiger partial charge in [0, 0.05) is 35.4 Å². The monoisotopic (exact) mass is 342 g/mol. The zero-order valence-corrected chi connectivity index (χ0v) is 13.5. The van der Waals surface area contributed by atoms with Crippen molar-refractivity contribution in [3.63, 3.8) is 0 Å². The SMILES string of the molecule is CC(C)(C(=O)c1cccc([N+](=O)[O-])c1)C(=O)c1cccc([N+](=O)[O-])c1. The Morgan fingerprint density at radius 2 is 1.16 bits per heavy atom. The van der Waals surface area contributed by atoms with Crippen molar-refractivity contribution in [3.05, 3.63) is 79.9 Å². The Morgan fingerprint density at radius 3 is 1.48 bits per heavy atom. The molecule has 0 saturated heterocycles. The molecule has 0 aromatic heterocycles. The van der Waals surface area contributed by atoms with Crippen molar-refractivity contribution in [2.75, 3.05) is 0 Å². The van der Waals surface area contributed by atoms with Crippen LogP contribution in [-0.4, -0.2) is 21.4 Å². The Morgan fingerprint density at radius 1 is 0.800 bits per heavy atom. The van der Waals surface area contributed by atoms with Crippen LogP contribution < -0.4 is 0 Å². The summed E-state index contributed by atoms with van der Waals surface area (Å²) in [5.74, 6) is -1.21. The predicted octanol–water partition coefficient (Wildman–Crippen LogP) is 3.59. The summed E-state index contributed by atoms with van der Waals surface area (Å²) in [4.78, 5) is 45.8. The normalized spacial score (nSPS) is 11.0. The number of non-ortho nitro benzene ring substituents is 2. The molecule has 0 amide bonds. The van der Waals surface area contributed by atoms with Crippen LogP contribution in [0, 0.1) is 25.6 Å². The van der Waals surface area contributed by atoms with Crippen LogP contribution in [0.5, 0.6) is 0 Å². The first kappa shape index (κ1) is 17.9. The molecule has 8 heteroatoms. The minimum atomic E-state index is -1.54. The number of hydrogen-bond acceptors (Lipinski definition) is 6. The maximum absolute atomic E-state index is 12.7. The standard InChI is InChI=1S/C17H14N2O6/c1-17(2,15(20)11-5-3-7-13(9-11)18(22)23)16(21)12-6-4-8-14(10-12)19(24)25/h3-10H,1-2H3. The van der Waals surface area contributed by atoms with Crippen molar-refractivity contribution in [3.8, 4) is 0 Å². The molecule has 2 aromatic rings. The summed E-state index contributed by atoms with van der Waals surface area (Å²) in [5, 5.41) is 21.7. The first-order valence-corrected chi connectivity index (χ1v) is 7.23.